The molecule has 1 unspecified atom stereocenters. The normalized spacial score (nSPS) is 16.6. The smallest absolute Gasteiger partial charge is 0.252 e. The molecular weight excluding hydrogens is 408 g/mol. The summed E-state index contributed by atoms with van der Waals surface area (Å²) in [6.07, 6.45) is 5.41. The van der Waals surface area contributed by atoms with E-state index >= 15 is 0 Å². The zero-order chi connectivity index (χ0) is 20.2. The van der Waals surface area contributed by atoms with Gasteiger partial charge in [-0.25, -0.2) is 4.98 Å². The van der Waals surface area contributed by atoms with E-state index in [0.717, 1.165) is 29.0 Å². The SMILES string of the molecule is COc1ccc(OC)c2sc(N(CC3CCCO3)C(=O)/C=C/c3cccs3)nc12. The lowest BCUT2D eigenvalue weighted by Crippen LogP contribution is -2.36. The molecule has 3 heterocycles. The summed E-state index contributed by atoms with van der Waals surface area (Å²) in [5.41, 5.74) is 0.694. The second-order valence-electron chi connectivity index (χ2n) is 6.58. The molecule has 0 aliphatic carbocycles. The van der Waals surface area contributed by atoms with E-state index in [1.165, 1.54) is 11.3 Å². The molecule has 0 N–H and O–H groups in total. The first-order valence-electron chi connectivity index (χ1n) is 9.36. The molecule has 1 atom stereocenters. The van der Waals surface area contributed by atoms with Crippen LogP contribution in [0.25, 0.3) is 16.3 Å². The molecule has 0 saturated carbocycles. The van der Waals surface area contributed by atoms with Gasteiger partial charge in [0.05, 0.1) is 26.9 Å². The van der Waals surface area contributed by atoms with Gasteiger partial charge in [0.15, 0.2) is 5.13 Å². The van der Waals surface area contributed by atoms with Gasteiger partial charge in [-0.1, -0.05) is 17.4 Å². The number of hydrogen-bond acceptors (Lipinski definition) is 7. The van der Waals surface area contributed by atoms with E-state index < -0.39 is 0 Å². The monoisotopic (exact) mass is 430 g/mol. The maximum atomic E-state index is 13.1. The first-order chi connectivity index (χ1) is 14.2. The highest BCUT2D eigenvalue weighted by atomic mass is 32.1. The van der Waals surface area contributed by atoms with Gasteiger partial charge in [0.2, 0.25) is 0 Å². The molecule has 1 amide bonds. The average molecular weight is 431 g/mol. The van der Waals surface area contributed by atoms with Gasteiger partial charge in [-0.15, -0.1) is 11.3 Å². The van der Waals surface area contributed by atoms with Crippen molar-refractivity contribution >= 4 is 50.0 Å². The summed E-state index contributed by atoms with van der Waals surface area (Å²) >= 11 is 3.01. The number of benzene rings is 1. The van der Waals surface area contributed by atoms with Crippen LogP contribution in [0.4, 0.5) is 5.13 Å². The van der Waals surface area contributed by atoms with E-state index in [2.05, 4.69) is 0 Å². The lowest BCUT2D eigenvalue weighted by molar-refractivity contribution is -0.114. The Morgan fingerprint density at radius 1 is 1.31 bits per heavy atom. The van der Waals surface area contributed by atoms with Gasteiger partial charge < -0.3 is 14.2 Å². The maximum absolute atomic E-state index is 13.1. The highest BCUT2D eigenvalue weighted by Crippen LogP contribution is 2.40. The number of nitrogens with zero attached hydrogens (tertiary/aromatic N) is 2. The Balaban J connectivity index is 1.70. The third kappa shape index (κ3) is 4.29. The molecule has 1 saturated heterocycles. The number of carbonyl (C=O) groups is 1. The van der Waals surface area contributed by atoms with Crippen LogP contribution in [0, 0.1) is 0 Å². The first-order valence-corrected chi connectivity index (χ1v) is 11.1. The van der Waals surface area contributed by atoms with Crippen molar-refractivity contribution in [3.05, 3.63) is 40.6 Å². The summed E-state index contributed by atoms with van der Waals surface area (Å²) in [6, 6.07) is 7.62. The molecule has 1 aromatic carbocycles. The van der Waals surface area contributed by atoms with Gasteiger partial charge in [0, 0.05) is 17.6 Å². The zero-order valence-electron chi connectivity index (χ0n) is 16.3. The van der Waals surface area contributed by atoms with Crippen LogP contribution in [0.15, 0.2) is 35.7 Å². The Morgan fingerprint density at radius 2 is 2.14 bits per heavy atom. The summed E-state index contributed by atoms with van der Waals surface area (Å²) in [6.45, 7) is 1.21. The third-order valence-electron chi connectivity index (χ3n) is 4.74. The summed E-state index contributed by atoms with van der Waals surface area (Å²) < 4.78 is 17.6. The number of rotatable bonds is 7. The largest absolute Gasteiger partial charge is 0.495 e. The molecule has 2 aromatic heterocycles. The molecule has 4 rings (SSSR count). The molecule has 1 aliphatic heterocycles. The van der Waals surface area contributed by atoms with Crippen LogP contribution in [0.2, 0.25) is 0 Å². The van der Waals surface area contributed by atoms with Crippen LogP contribution in [0.1, 0.15) is 17.7 Å². The van der Waals surface area contributed by atoms with Crippen LogP contribution in [0.3, 0.4) is 0 Å². The summed E-state index contributed by atoms with van der Waals surface area (Å²) in [7, 11) is 3.24. The Labute approximate surface area is 177 Å². The fourth-order valence-electron chi connectivity index (χ4n) is 3.27. The van der Waals surface area contributed by atoms with Crippen molar-refractivity contribution < 1.29 is 19.0 Å². The van der Waals surface area contributed by atoms with E-state index in [1.54, 1.807) is 36.5 Å². The number of amides is 1. The van der Waals surface area contributed by atoms with Crippen LogP contribution in [-0.2, 0) is 9.53 Å². The maximum Gasteiger partial charge on any atom is 0.252 e. The number of aromatic nitrogens is 1. The Bertz CT molecular complexity index is 966. The number of thiophene rings is 1. The first kappa shape index (κ1) is 19.9. The van der Waals surface area contributed by atoms with Crippen molar-refractivity contribution in [1.29, 1.82) is 0 Å². The standard InChI is InChI=1S/C21H22N2O4S2/c1-25-16-8-9-17(26-2)20-19(16)22-21(29-20)23(13-14-5-3-11-27-14)18(24)10-7-15-6-4-12-28-15/h4,6-10,12,14H,3,5,11,13H2,1-2H3/b10-7+. The minimum absolute atomic E-state index is 0.0184. The minimum Gasteiger partial charge on any atom is -0.495 e. The lowest BCUT2D eigenvalue weighted by Gasteiger charge is -2.21. The molecule has 0 radical (unpaired) electrons. The van der Waals surface area contributed by atoms with Crippen molar-refractivity contribution in [3.63, 3.8) is 0 Å². The van der Waals surface area contributed by atoms with E-state index in [-0.39, 0.29) is 12.0 Å². The average Bonchev–Trinajstić information content (AvgIpc) is 3.50. The topological polar surface area (TPSA) is 60.9 Å². The van der Waals surface area contributed by atoms with Gasteiger partial charge >= 0.3 is 0 Å². The number of thiazole rings is 1. The van der Waals surface area contributed by atoms with Crippen molar-refractivity contribution in [3.8, 4) is 11.5 Å². The van der Waals surface area contributed by atoms with Crippen molar-refractivity contribution in [2.24, 2.45) is 0 Å². The lowest BCUT2D eigenvalue weighted by atomic mass is 10.2. The Hall–Kier alpha value is -2.42. The van der Waals surface area contributed by atoms with Gasteiger partial charge in [-0.05, 0) is 42.5 Å². The Kier molecular flexibility index (Phi) is 6.13. The van der Waals surface area contributed by atoms with Crippen LogP contribution in [-0.4, -0.2) is 44.4 Å². The quantitative estimate of drug-likeness (QED) is 0.513. The van der Waals surface area contributed by atoms with Crippen LogP contribution < -0.4 is 14.4 Å². The van der Waals surface area contributed by atoms with E-state index in [1.807, 2.05) is 35.7 Å². The van der Waals surface area contributed by atoms with Crippen LogP contribution >= 0.6 is 22.7 Å². The molecule has 6 nitrogen and oxygen atoms in total. The molecular formula is C21H22N2O4S2. The fraction of sp³-hybridized carbons (Fsp3) is 0.333. The van der Waals surface area contributed by atoms with Crippen molar-refractivity contribution in [2.45, 2.75) is 18.9 Å². The van der Waals surface area contributed by atoms with Crippen molar-refractivity contribution in [2.75, 3.05) is 32.3 Å². The van der Waals surface area contributed by atoms with Gasteiger partial charge in [0.1, 0.15) is 21.7 Å². The predicted octanol–water partition coefficient (Wildman–Crippen LogP) is 4.60. The van der Waals surface area contributed by atoms with E-state index in [9.17, 15) is 4.79 Å². The number of fused-ring (bicyclic) bond motifs is 1. The highest BCUT2D eigenvalue weighted by Gasteiger charge is 2.26. The summed E-state index contributed by atoms with van der Waals surface area (Å²) in [5.74, 6) is 1.25. The van der Waals surface area contributed by atoms with Gasteiger partial charge in [0.25, 0.3) is 5.91 Å². The number of carbonyl (C=O) groups excluding carboxylic acids is 1. The molecule has 0 spiro atoms. The highest BCUT2D eigenvalue weighted by molar-refractivity contribution is 7.22. The molecule has 8 heteroatoms. The van der Waals surface area contributed by atoms with Crippen LogP contribution in [0.5, 0.6) is 11.5 Å². The Morgan fingerprint density at radius 3 is 2.83 bits per heavy atom. The third-order valence-corrected chi connectivity index (χ3v) is 6.67. The number of methoxy groups -OCH3 is 2. The minimum atomic E-state index is -0.120. The molecule has 1 fully saturated rings. The fourth-order valence-corrected chi connectivity index (χ4v) is 4.98. The van der Waals surface area contributed by atoms with Gasteiger partial charge in [-0.3, -0.25) is 9.69 Å². The molecule has 0 bridgehead atoms. The summed E-state index contributed by atoms with van der Waals surface area (Å²) in [5, 5.41) is 2.60. The molecule has 1 aliphatic rings. The molecule has 152 valence electrons. The number of ether oxygens (including phenoxy) is 3. The predicted molar refractivity (Wildman–Crippen MR) is 117 cm³/mol. The zero-order valence-corrected chi connectivity index (χ0v) is 17.9. The molecule has 3 aromatic rings. The van der Waals surface area contributed by atoms with E-state index in [4.69, 9.17) is 19.2 Å². The second kappa shape index (κ2) is 8.94. The van der Waals surface area contributed by atoms with Crippen molar-refractivity contribution in [1.82, 2.24) is 4.98 Å². The second-order valence-corrected chi connectivity index (χ2v) is 8.53. The summed E-state index contributed by atoms with van der Waals surface area (Å²) in [4.78, 5) is 20.6. The molecule has 29 heavy (non-hydrogen) atoms. The van der Waals surface area contributed by atoms with Gasteiger partial charge in [-0.2, -0.15) is 0 Å². The number of hydrogen-bond donors (Lipinski definition) is 0. The number of anilines is 1. The van der Waals surface area contributed by atoms with E-state index in [0.29, 0.717) is 28.7 Å².